The highest BCUT2D eigenvalue weighted by atomic mass is 15.3. The van der Waals surface area contributed by atoms with Crippen LogP contribution in [0.1, 0.15) is 44.9 Å². The summed E-state index contributed by atoms with van der Waals surface area (Å²) in [5.74, 6) is 2.88. The molecule has 1 fully saturated rings. The van der Waals surface area contributed by atoms with Crippen LogP contribution >= 0.6 is 0 Å². The molecule has 17 heavy (non-hydrogen) atoms. The van der Waals surface area contributed by atoms with E-state index in [9.17, 15) is 0 Å². The van der Waals surface area contributed by atoms with Crippen molar-refractivity contribution in [3.05, 3.63) is 12.2 Å². The molecule has 96 valence electrons. The van der Waals surface area contributed by atoms with E-state index in [1.807, 2.05) is 11.7 Å². The third-order valence-electron chi connectivity index (χ3n) is 4.06. The normalized spacial score (nSPS) is 25.1. The quantitative estimate of drug-likeness (QED) is 0.851. The number of rotatable bonds is 5. The molecule has 0 unspecified atom stereocenters. The van der Waals surface area contributed by atoms with Crippen LogP contribution in [0.15, 0.2) is 6.33 Å². The minimum absolute atomic E-state index is 0.838. The lowest BCUT2D eigenvalue weighted by Gasteiger charge is -2.27. The second kappa shape index (κ2) is 6.15. The Balaban J connectivity index is 1.65. The minimum Gasteiger partial charge on any atom is -0.310 e. The van der Waals surface area contributed by atoms with Gasteiger partial charge in [0.25, 0.3) is 0 Å². The first-order chi connectivity index (χ1) is 8.29. The van der Waals surface area contributed by atoms with Gasteiger partial charge in [0, 0.05) is 7.05 Å². The summed E-state index contributed by atoms with van der Waals surface area (Å²) in [6, 6.07) is 0. The topological polar surface area (TPSA) is 42.7 Å². The number of nitrogens with one attached hydrogen (secondary N) is 1. The first kappa shape index (κ1) is 12.6. The van der Waals surface area contributed by atoms with Crippen LogP contribution in [0.2, 0.25) is 0 Å². The Morgan fingerprint density at radius 2 is 2.00 bits per heavy atom. The monoisotopic (exact) mass is 236 g/mol. The van der Waals surface area contributed by atoms with E-state index in [-0.39, 0.29) is 0 Å². The molecule has 0 atom stereocenters. The van der Waals surface area contributed by atoms with E-state index in [1.54, 1.807) is 6.33 Å². The maximum Gasteiger partial charge on any atom is 0.140 e. The molecule has 4 heteroatoms. The van der Waals surface area contributed by atoms with Crippen LogP contribution in [0, 0.1) is 11.8 Å². The summed E-state index contributed by atoms with van der Waals surface area (Å²) in [7, 11) is 1.94. The van der Waals surface area contributed by atoms with Crippen molar-refractivity contribution in [1.29, 1.82) is 0 Å². The second-order valence-corrected chi connectivity index (χ2v) is 5.23. The number of nitrogens with zero attached hydrogens (tertiary/aromatic N) is 3. The molecule has 0 aliphatic heterocycles. The number of aryl methyl sites for hydroxylation is 1. The highest BCUT2D eigenvalue weighted by Crippen LogP contribution is 2.30. The molecule has 2 rings (SSSR count). The van der Waals surface area contributed by atoms with Gasteiger partial charge >= 0.3 is 0 Å². The summed E-state index contributed by atoms with van der Waals surface area (Å²) in [5.41, 5.74) is 0. The van der Waals surface area contributed by atoms with Crippen LogP contribution in [-0.4, -0.2) is 21.3 Å². The molecule has 1 heterocycles. The zero-order valence-corrected chi connectivity index (χ0v) is 11.0. The Hall–Kier alpha value is -0.900. The van der Waals surface area contributed by atoms with E-state index in [4.69, 9.17) is 0 Å². The highest BCUT2D eigenvalue weighted by Gasteiger charge is 2.19. The molecule has 1 saturated carbocycles. The molecule has 0 spiro atoms. The minimum atomic E-state index is 0.838. The van der Waals surface area contributed by atoms with E-state index in [0.717, 1.165) is 30.7 Å². The van der Waals surface area contributed by atoms with Crippen LogP contribution in [0.3, 0.4) is 0 Å². The third-order valence-corrected chi connectivity index (χ3v) is 4.06. The van der Waals surface area contributed by atoms with Crippen molar-refractivity contribution in [3.63, 3.8) is 0 Å². The SMILES string of the molecule is CCC1CCC(CNCc2ncnn2C)CC1. The van der Waals surface area contributed by atoms with Gasteiger partial charge in [0.15, 0.2) is 0 Å². The van der Waals surface area contributed by atoms with E-state index in [2.05, 4.69) is 22.3 Å². The zero-order valence-electron chi connectivity index (χ0n) is 11.0. The van der Waals surface area contributed by atoms with Gasteiger partial charge in [0.05, 0.1) is 6.54 Å². The van der Waals surface area contributed by atoms with E-state index >= 15 is 0 Å². The smallest absolute Gasteiger partial charge is 0.140 e. The Bertz CT molecular complexity index is 326. The number of aromatic nitrogens is 3. The predicted octanol–water partition coefficient (Wildman–Crippen LogP) is 2.12. The lowest BCUT2D eigenvalue weighted by Crippen LogP contribution is -2.27. The lowest BCUT2D eigenvalue weighted by molar-refractivity contribution is 0.262. The van der Waals surface area contributed by atoms with Crippen LogP contribution in [-0.2, 0) is 13.6 Å². The van der Waals surface area contributed by atoms with Crippen LogP contribution in [0.4, 0.5) is 0 Å². The molecule has 1 aromatic rings. The molecule has 0 bridgehead atoms. The third kappa shape index (κ3) is 3.53. The highest BCUT2D eigenvalue weighted by molar-refractivity contribution is 4.83. The first-order valence-electron chi connectivity index (χ1n) is 6.83. The van der Waals surface area contributed by atoms with Gasteiger partial charge in [-0.25, -0.2) is 4.98 Å². The largest absolute Gasteiger partial charge is 0.310 e. The van der Waals surface area contributed by atoms with Gasteiger partial charge in [-0.2, -0.15) is 5.10 Å². The van der Waals surface area contributed by atoms with E-state index < -0.39 is 0 Å². The van der Waals surface area contributed by atoms with Crippen molar-refractivity contribution >= 4 is 0 Å². The van der Waals surface area contributed by atoms with E-state index in [0.29, 0.717) is 0 Å². The Labute approximate surface area is 104 Å². The maximum atomic E-state index is 4.21. The van der Waals surface area contributed by atoms with Gasteiger partial charge in [-0.1, -0.05) is 26.2 Å². The van der Waals surface area contributed by atoms with Crippen molar-refractivity contribution in [2.45, 2.75) is 45.6 Å². The van der Waals surface area contributed by atoms with Gasteiger partial charge in [0.1, 0.15) is 12.2 Å². The molecule has 1 aliphatic carbocycles. The molecule has 0 saturated heterocycles. The summed E-state index contributed by atoms with van der Waals surface area (Å²) in [6.07, 6.45) is 8.61. The van der Waals surface area contributed by atoms with Crippen molar-refractivity contribution in [2.24, 2.45) is 18.9 Å². The number of hydrogen-bond donors (Lipinski definition) is 1. The van der Waals surface area contributed by atoms with Gasteiger partial charge in [-0.3, -0.25) is 4.68 Å². The fraction of sp³-hybridized carbons (Fsp3) is 0.846. The summed E-state index contributed by atoms with van der Waals surface area (Å²) in [6.45, 7) is 4.28. The van der Waals surface area contributed by atoms with E-state index in [1.165, 1.54) is 32.1 Å². The standard InChI is InChI=1S/C13H24N4/c1-3-11-4-6-12(7-5-11)8-14-9-13-15-10-16-17(13)2/h10-12,14H,3-9H2,1-2H3. The second-order valence-electron chi connectivity index (χ2n) is 5.23. The lowest BCUT2D eigenvalue weighted by atomic mass is 9.81. The van der Waals surface area contributed by atoms with Gasteiger partial charge < -0.3 is 5.32 Å². The fourth-order valence-electron chi connectivity index (χ4n) is 2.71. The predicted molar refractivity (Wildman–Crippen MR) is 68.4 cm³/mol. The molecular weight excluding hydrogens is 212 g/mol. The van der Waals surface area contributed by atoms with Crippen LogP contribution < -0.4 is 5.32 Å². The summed E-state index contributed by atoms with van der Waals surface area (Å²) < 4.78 is 1.83. The molecule has 4 nitrogen and oxygen atoms in total. The summed E-state index contributed by atoms with van der Waals surface area (Å²) >= 11 is 0. The maximum absolute atomic E-state index is 4.21. The van der Waals surface area contributed by atoms with Crippen LogP contribution in [0.25, 0.3) is 0 Å². The summed E-state index contributed by atoms with van der Waals surface area (Å²) in [5, 5.41) is 7.58. The Morgan fingerprint density at radius 3 is 2.59 bits per heavy atom. The molecule has 1 N–H and O–H groups in total. The molecule has 0 radical (unpaired) electrons. The zero-order chi connectivity index (χ0) is 12.1. The van der Waals surface area contributed by atoms with Crippen LogP contribution in [0.5, 0.6) is 0 Å². The van der Waals surface area contributed by atoms with Crippen molar-refractivity contribution in [3.8, 4) is 0 Å². The first-order valence-corrected chi connectivity index (χ1v) is 6.83. The van der Waals surface area contributed by atoms with Crippen molar-refractivity contribution in [2.75, 3.05) is 6.54 Å². The average molecular weight is 236 g/mol. The molecule has 0 amide bonds. The molecule has 1 aromatic heterocycles. The molecule has 1 aliphatic rings. The van der Waals surface area contributed by atoms with Gasteiger partial charge in [-0.15, -0.1) is 0 Å². The Morgan fingerprint density at radius 1 is 1.29 bits per heavy atom. The summed E-state index contributed by atoms with van der Waals surface area (Å²) in [4.78, 5) is 4.21. The van der Waals surface area contributed by atoms with Crippen molar-refractivity contribution in [1.82, 2.24) is 20.1 Å². The Kier molecular flexibility index (Phi) is 4.54. The van der Waals surface area contributed by atoms with Crippen molar-refractivity contribution < 1.29 is 0 Å². The van der Waals surface area contributed by atoms with Gasteiger partial charge in [0.2, 0.25) is 0 Å². The fourth-order valence-corrected chi connectivity index (χ4v) is 2.71. The average Bonchev–Trinajstić information content (AvgIpc) is 2.76. The number of hydrogen-bond acceptors (Lipinski definition) is 3. The van der Waals surface area contributed by atoms with Gasteiger partial charge in [-0.05, 0) is 31.2 Å². The molecular formula is C13H24N4. The molecule has 0 aromatic carbocycles.